The Morgan fingerprint density at radius 2 is 1.73 bits per heavy atom. The van der Waals surface area contributed by atoms with Crippen LogP contribution in [0.1, 0.15) is 15.9 Å². The van der Waals surface area contributed by atoms with Crippen LogP contribution in [-0.2, 0) is 6.18 Å². The lowest BCUT2D eigenvalue weighted by Crippen LogP contribution is -2.04. The molecule has 3 rings (SSSR count). The zero-order valence-corrected chi connectivity index (χ0v) is 12.6. The van der Waals surface area contributed by atoms with Gasteiger partial charge in [0.15, 0.2) is 17.4 Å². The maximum absolute atomic E-state index is 14.0. The monoisotopic (exact) mass is 369 g/mol. The van der Waals surface area contributed by atoms with Crippen LogP contribution < -0.4 is 4.74 Å². The van der Waals surface area contributed by atoms with Gasteiger partial charge < -0.3 is 9.84 Å². The second kappa shape index (κ2) is 6.25. The van der Waals surface area contributed by atoms with Crippen molar-refractivity contribution in [2.24, 2.45) is 0 Å². The van der Waals surface area contributed by atoms with Crippen LogP contribution in [0.25, 0.3) is 10.9 Å². The third-order valence-corrected chi connectivity index (χ3v) is 3.48. The number of carboxylic acid groups (broad SMARTS) is 1. The Labute approximate surface area is 142 Å². The van der Waals surface area contributed by atoms with Gasteiger partial charge in [0.2, 0.25) is 0 Å². The topological polar surface area (TPSA) is 59.4 Å². The molecule has 0 aliphatic rings. The Bertz CT molecular complexity index is 1000. The summed E-state index contributed by atoms with van der Waals surface area (Å²) in [6, 6.07) is 5.15. The van der Waals surface area contributed by atoms with Crippen LogP contribution in [-0.4, -0.2) is 16.1 Å². The Balaban J connectivity index is 2.05. The van der Waals surface area contributed by atoms with E-state index in [1.54, 1.807) is 0 Å². The molecule has 2 aromatic carbocycles. The van der Waals surface area contributed by atoms with Crippen molar-refractivity contribution in [2.75, 3.05) is 0 Å². The van der Waals surface area contributed by atoms with Gasteiger partial charge in [0.25, 0.3) is 0 Å². The Kier molecular flexibility index (Phi) is 4.23. The predicted octanol–water partition coefficient (Wildman–Crippen LogP) is 5.02. The average Bonchev–Trinajstić information content (AvgIpc) is 2.58. The normalized spacial score (nSPS) is 11.6. The molecule has 26 heavy (non-hydrogen) atoms. The summed E-state index contributed by atoms with van der Waals surface area (Å²) in [6.07, 6.45) is -3.59. The number of ether oxygens (including phenoxy) is 1. The number of aromatic carboxylic acids is 1. The molecular formula is C17H8F5NO3. The van der Waals surface area contributed by atoms with Gasteiger partial charge in [-0.2, -0.15) is 13.2 Å². The van der Waals surface area contributed by atoms with Gasteiger partial charge in [-0.3, -0.25) is 4.98 Å². The number of hydrogen-bond donors (Lipinski definition) is 1. The summed E-state index contributed by atoms with van der Waals surface area (Å²) in [5.74, 6) is -4.34. The van der Waals surface area contributed by atoms with E-state index in [-0.39, 0.29) is 22.6 Å². The number of aromatic nitrogens is 1. The zero-order valence-electron chi connectivity index (χ0n) is 12.6. The molecule has 3 aromatic rings. The number of pyridine rings is 1. The first-order valence-electron chi connectivity index (χ1n) is 7.03. The van der Waals surface area contributed by atoms with Crippen molar-refractivity contribution in [3.8, 4) is 11.5 Å². The largest absolute Gasteiger partial charge is 0.478 e. The lowest BCUT2D eigenvalue weighted by Gasteiger charge is -2.11. The third-order valence-electron chi connectivity index (χ3n) is 3.48. The van der Waals surface area contributed by atoms with E-state index in [0.717, 1.165) is 36.5 Å². The standard InChI is InChI=1S/C17H8F5NO3/c18-12-6-13(26-10-3-1-9(2-4-10)17(20,21)22)15-11(14(12)19)5-8(7-23-15)16(24)25/h1-7H,(H,24,25). The SMILES string of the molecule is O=C(O)c1cnc2c(Oc3ccc(C(F)(F)F)cc3)cc(F)c(F)c2c1. The van der Waals surface area contributed by atoms with Crippen LogP contribution in [0.4, 0.5) is 22.0 Å². The molecule has 0 amide bonds. The Morgan fingerprint density at radius 3 is 2.31 bits per heavy atom. The number of carboxylic acids is 1. The van der Waals surface area contributed by atoms with E-state index in [9.17, 15) is 26.7 Å². The minimum Gasteiger partial charge on any atom is -0.478 e. The minimum absolute atomic E-state index is 0.0607. The highest BCUT2D eigenvalue weighted by Crippen LogP contribution is 2.34. The number of halogens is 5. The Hall–Kier alpha value is -3.23. The highest BCUT2D eigenvalue weighted by molar-refractivity contribution is 5.94. The van der Waals surface area contributed by atoms with Crippen LogP contribution in [0.2, 0.25) is 0 Å². The number of carbonyl (C=O) groups is 1. The van der Waals surface area contributed by atoms with Gasteiger partial charge in [-0.25, -0.2) is 13.6 Å². The van der Waals surface area contributed by atoms with Gasteiger partial charge in [-0.15, -0.1) is 0 Å². The first-order valence-corrected chi connectivity index (χ1v) is 7.03. The molecule has 0 aliphatic carbocycles. The summed E-state index contributed by atoms with van der Waals surface area (Å²) in [4.78, 5) is 14.7. The first kappa shape index (κ1) is 17.6. The van der Waals surface area contributed by atoms with E-state index in [4.69, 9.17) is 9.84 Å². The fourth-order valence-corrected chi connectivity index (χ4v) is 2.24. The van der Waals surface area contributed by atoms with Gasteiger partial charge >= 0.3 is 12.1 Å². The Morgan fingerprint density at radius 1 is 1.08 bits per heavy atom. The fraction of sp³-hybridized carbons (Fsp3) is 0.0588. The van der Waals surface area contributed by atoms with Crippen LogP contribution in [0.5, 0.6) is 11.5 Å². The van der Waals surface area contributed by atoms with E-state index >= 15 is 0 Å². The van der Waals surface area contributed by atoms with Crippen LogP contribution in [0.15, 0.2) is 42.6 Å². The molecule has 9 heteroatoms. The number of fused-ring (bicyclic) bond motifs is 1. The van der Waals surface area contributed by atoms with Crippen molar-refractivity contribution in [1.29, 1.82) is 0 Å². The van der Waals surface area contributed by atoms with Crippen LogP contribution in [0, 0.1) is 11.6 Å². The number of alkyl halides is 3. The van der Waals surface area contributed by atoms with Gasteiger partial charge in [-0.05, 0) is 30.3 Å². The minimum atomic E-state index is -4.53. The molecule has 0 aliphatic heterocycles. The van der Waals surface area contributed by atoms with E-state index in [1.807, 2.05) is 0 Å². The molecule has 4 nitrogen and oxygen atoms in total. The lowest BCUT2D eigenvalue weighted by atomic mass is 10.1. The number of hydrogen-bond acceptors (Lipinski definition) is 3. The molecule has 0 radical (unpaired) electrons. The number of rotatable bonds is 3. The van der Waals surface area contributed by atoms with Crippen molar-refractivity contribution in [3.63, 3.8) is 0 Å². The molecule has 0 spiro atoms. The second-order valence-corrected chi connectivity index (χ2v) is 5.22. The zero-order chi connectivity index (χ0) is 19.1. The molecule has 1 N–H and O–H groups in total. The quantitative estimate of drug-likeness (QED) is 0.659. The molecule has 0 unspecified atom stereocenters. The number of benzene rings is 2. The molecule has 0 fully saturated rings. The van der Waals surface area contributed by atoms with Crippen molar-refractivity contribution in [1.82, 2.24) is 4.98 Å². The highest BCUT2D eigenvalue weighted by Gasteiger charge is 2.30. The van der Waals surface area contributed by atoms with Gasteiger partial charge in [-0.1, -0.05) is 0 Å². The number of nitrogens with zero attached hydrogens (tertiary/aromatic N) is 1. The molecule has 1 heterocycles. The third kappa shape index (κ3) is 3.28. The van der Waals surface area contributed by atoms with Crippen molar-refractivity contribution in [3.05, 3.63) is 65.4 Å². The summed E-state index contributed by atoms with van der Waals surface area (Å²) in [6.45, 7) is 0. The maximum Gasteiger partial charge on any atom is 0.416 e. The van der Waals surface area contributed by atoms with Crippen molar-refractivity contribution >= 4 is 16.9 Å². The van der Waals surface area contributed by atoms with E-state index < -0.39 is 34.7 Å². The summed E-state index contributed by atoms with van der Waals surface area (Å²) < 4.78 is 70.7. The van der Waals surface area contributed by atoms with E-state index in [2.05, 4.69) is 4.98 Å². The maximum atomic E-state index is 14.0. The van der Waals surface area contributed by atoms with E-state index in [1.165, 1.54) is 0 Å². The molecule has 0 saturated heterocycles. The average molecular weight is 369 g/mol. The molecule has 0 atom stereocenters. The lowest BCUT2D eigenvalue weighted by molar-refractivity contribution is -0.137. The summed E-state index contributed by atoms with van der Waals surface area (Å²) in [5, 5.41) is 8.50. The smallest absolute Gasteiger partial charge is 0.416 e. The van der Waals surface area contributed by atoms with Gasteiger partial charge in [0.1, 0.15) is 11.3 Å². The summed E-state index contributed by atoms with van der Waals surface area (Å²) >= 11 is 0. The predicted molar refractivity (Wildman–Crippen MR) is 80.1 cm³/mol. The molecule has 134 valence electrons. The van der Waals surface area contributed by atoms with E-state index in [0.29, 0.717) is 6.07 Å². The summed E-state index contributed by atoms with van der Waals surface area (Å²) in [7, 11) is 0. The second-order valence-electron chi connectivity index (χ2n) is 5.22. The molecule has 1 aromatic heterocycles. The van der Waals surface area contributed by atoms with Crippen LogP contribution in [0.3, 0.4) is 0 Å². The molecule has 0 bridgehead atoms. The van der Waals surface area contributed by atoms with Crippen LogP contribution >= 0.6 is 0 Å². The first-order chi connectivity index (χ1) is 12.2. The summed E-state index contributed by atoms with van der Waals surface area (Å²) in [5.41, 5.74) is -1.43. The molecular weight excluding hydrogens is 361 g/mol. The fourth-order valence-electron chi connectivity index (χ4n) is 2.24. The van der Waals surface area contributed by atoms with Crippen molar-refractivity contribution < 1.29 is 36.6 Å². The highest BCUT2D eigenvalue weighted by atomic mass is 19.4. The van der Waals surface area contributed by atoms with Gasteiger partial charge in [0, 0.05) is 17.6 Å². The van der Waals surface area contributed by atoms with Crippen molar-refractivity contribution in [2.45, 2.75) is 6.18 Å². The van der Waals surface area contributed by atoms with Gasteiger partial charge in [0.05, 0.1) is 11.1 Å². The molecule has 0 saturated carbocycles.